The fraction of sp³-hybridized carbons (Fsp3) is 0.538. The Morgan fingerprint density at radius 2 is 1.26 bits per heavy atom. The molecule has 0 atom stereocenters. The molecule has 0 aromatic heterocycles. The molecule has 1 aromatic rings. The van der Waals surface area contributed by atoms with Crippen LogP contribution in [0, 0.1) is 23.3 Å². The topological polar surface area (TPSA) is 18.5 Å². The van der Waals surface area contributed by atoms with Gasteiger partial charge in [0, 0.05) is 0 Å². The number of hydrogen-bond acceptors (Lipinski definition) is 2. The monoisotopic (exact) mass is 278 g/mol. The molecule has 19 heavy (non-hydrogen) atoms. The summed E-state index contributed by atoms with van der Waals surface area (Å²) in [7, 11) is 0.933. The van der Waals surface area contributed by atoms with Crippen molar-refractivity contribution in [1.82, 2.24) is 0 Å². The van der Waals surface area contributed by atoms with Crippen LogP contribution < -0.4 is 9.47 Å². The molecule has 0 bridgehead atoms. The fourth-order valence-corrected chi connectivity index (χ4v) is 2.22. The van der Waals surface area contributed by atoms with Crippen molar-refractivity contribution in [2.45, 2.75) is 38.2 Å². The van der Waals surface area contributed by atoms with Gasteiger partial charge in [-0.05, 0) is 25.7 Å². The molecule has 6 heteroatoms. The predicted molar refractivity (Wildman–Crippen MR) is 60.3 cm³/mol. The molecule has 2 rings (SSSR count). The lowest BCUT2D eigenvalue weighted by molar-refractivity contribution is 0.137. The summed E-state index contributed by atoms with van der Waals surface area (Å²) in [5, 5.41) is 0. The van der Waals surface area contributed by atoms with Gasteiger partial charge in [-0.2, -0.15) is 17.6 Å². The maximum atomic E-state index is 13.7. The van der Waals surface area contributed by atoms with E-state index in [-0.39, 0.29) is 0 Å². The SMILES string of the molecule is COc1c(F)c(F)c(OC2CCCCC2)c(F)c1F. The molecule has 1 aliphatic rings. The second-order valence-electron chi connectivity index (χ2n) is 4.50. The van der Waals surface area contributed by atoms with Crippen molar-refractivity contribution in [2.24, 2.45) is 0 Å². The Morgan fingerprint density at radius 1 is 0.789 bits per heavy atom. The van der Waals surface area contributed by atoms with Crippen molar-refractivity contribution in [3.05, 3.63) is 23.3 Å². The van der Waals surface area contributed by atoms with Crippen molar-refractivity contribution >= 4 is 0 Å². The quantitative estimate of drug-likeness (QED) is 0.615. The zero-order chi connectivity index (χ0) is 14.0. The van der Waals surface area contributed by atoms with Gasteiger partial charge in [-0.25, -0.2) is 0 Å². The second-order valence-corrected chi connectivity index (χ2v) is 4.50. The van der Waals surface area contributed by atoms with Crippen LogP contribution in [0.5, 0.6) is 11.5 Å². The Balaban J connectivity index is 2.34. The van der Waals surface area contributed by atoms with Gasteiger partial charge in [-0.1, -0.05) is 6.42 Å². The van der Waals surface area contributed by atoms with Crippen LogP contribution in [-0.2, 0) is 0 Å². The van der Waals surface area contributed by atoms with Gasteiger partial charge in [-0.3, -0.25) is 0 Å². The van der Waals surface area contributed by atoms with Crippen LogP contribution in [-0.4, -0.2) is 13.2 Å². The first-order valence-electron chi connectivity index (χ1n) is 6.12. The van der Waals surface area contributed by atoms with Gasteiger partial charge in [0.05, 0.1) is 13.2 Å². The van der Waals surface area contributed by atoms with Crippen LogP contribution in [0.2, 0.25) is 0 Å². The van der Waals surface area contributed by atoms with Crippen LogP contribution in [0.1, 0.15) is 32.1 Å². The summed E-state index contributed by atoms with van der Waals surface area (Å²) in [6.07, 6.45) is 3.59. The maximum Gasteiger partial charge on any atom is 0.207 e. The highest BCUT2D eigenvalue weighted by Crippen LogP contribution is 2.36. The molecule has 0 radical (unpaired) electrons. The van der Waals surface area contributed by atoms with Crippen molar-refractivity contribution < 1.29 is 27.0 Å². The van der Waals surface area contributed by atoms with E-state index in [1.54, 1.807) is 0 Å². The van der Waals surface area contributed by atoms with Crippen molar-refractivity contribution in [1.29, 1.82) is 0 Å². The molecular weight excluding hydrogens is 264 g/mol. The molecular formula is C13H14F4O2. The highest BCUT2D eigenvalue weighted by atomic mass is 19.2. The van der Waals surface area contributed by atoms with E-state index in [1.807, 2.05) is 0 Å². The minimum atomic E-state index is -1.58. The standard InChI is InChI=1S/C13H14F4O2/c1-18-12-8(14)10(16)13(11(17)9(12)15)19-7-5-3-2-4-6-7/h7H,2-6H2,1H3. The number of hydrogen-bond donors (Lipinski definition) is 0. The van der Waals surface area contributed by atoms with Crippen LogP contribution >= 0.6 is 0 Å². The van der Waals surface area contributed by atoms with E-state index >= 15 is 0 Å². The van der Waals surface area contributed by atoms with Crippen LogP contribution in [0.3, 0.4) is 0 Å². The summed E-state index contributed by atoms with van der Waals surface area (Å²) in [6, 6.07) is 0. The minimum absolute atomic E-state index is 0.412. The molecule has 0 aliphatic heterocycles. The van der Waals surface area contributed by atoms with E-state index < -0.39 is 40.9 Å². The highest BCUT2D eigenvalue weighted by Gasteiger charge is 2.29. The lowest BCUT2D eigenvalue weighted by atomic mass is 9.98. The average molecular weight is 278 g/mol. The number of benzene rings is 1. The molecule has 0 unspecified atom stereocenters. The third-order valence-corrected chi connectivity index (χ3v) is 3.22. The minimum Gasteiger partial charge on any atom is -0.491 e. The zero-order valence-electron chi connectivity index (χ0n) is 10.4. The molecule has 106 valence electrons. The smallest absolute Gasteiger partial charge is 0.207 e. The number of halogens is 4. The summed E-state index contributed by atoms with van der Waals surface area (Å²) in [5.74, 6) is -8.34. The number of ether oxygens (including phenoxy) is 2. The van der Waals surface area contributed by atoms with Crippen molar-refractivity contribution in [3.63, 3.8) is 0 Å². The molecule has 0 amide bonds. The van der Waals surface area contributed by atoms with E-state index in [9.17, 15) is 17.6 Å². The molecule has 0 N–H and O–H groups in total. The van der Waals surface area contributed by atoms with E-state index in [1.165, 1.54) is 0 Å². The Morgan fingerprint density at radius 3 is 1.74 bits per heavy atom. The maximum absolute atomic E-state index is 13.7. The first kappa shape index (κ1) is 14.0. The van der Waals surface area contributed by atoms with Crippen LogP contribution in [0.4, 0.5) is 17.6 Å². The lowest BCUT2D eigenvalue weighted by Gasteiger charge is -2.23. The summed E-state index contributed by atoms with van der Waals surface area (Å²) >= 11 is 0. The molecule has 0 saturated heterocycles. The van der Waals surface area contributed by atoms with Gasteiger partial charge in [-0.15, -0.1) is 0 Å². The number of methoxy groups -OCH3 is 1. The Hall–Kier alpha value is -1.46. The third-order valence-electron chi connectivity index (χ3n) is 3.22. The van der Waals surface area contributed by atoms with E-state index in [0.29, 0.717) is 12.8 Å². The average Bonchev–Trinajstić information content (AvgIpc) is 2.43. The van der Waals surface area contributed by atoms with Gasteiger partial charge >= 0.3 is 0 Å². The molecule has 1 fully saturated rings. The molecule has 1 saturated carbocycles. The lowest BCUT2D eigenvalue weighted by Crippen LogP contribution is -2.21. The van der Waals surface area contributed by atoms with E-state index in [2.05, 4.69) is 4.74 Å². The third kappa shape index (κ3) is 2.62. The van der Waals surface area contributed by atoms with Crippen molar-refractivity contribution in [2.75, 3.05) is 7.11 Å². The summed E-state index contributed by atoms with van der Waals surface area (Å²) < 4.78 is 63.6. The van der Waals surface area contributed by atoms with Gasteiger partial charge in [0.2, 0.25) is 23.3 Å². The normalized spacial score (nSPS) is 16.5. The first-order valence-corrected chi connectivity index (χ1v) is 6.12. The Kier molecular flexibility index (Phi) is 4.17. The molecule has 1 aliphatic carbocycles. The van der Waals surface area contributed by atoms with E-state index in [0.717, 1.165) is 26.4 Å². The van der Waals surface area contributed by atoms with Crippen molar-refractivity contribution in [3.8, 4) is 11.5 Å². The van der Waals surface area contributed by atoms with Crippen LogP contribution in [0.25, 0.3) is 0 Å². The van der Waals surface area contributed by atoms with Gasteiger partial charge < -0.3 is 9.47 Å². The summed E-state index contributed by atoms with van der Waals surface area (Å²) in [5.41, 5.74) is 0. The van der Waals surface area contributed by atoms with Crippen LogP contribution in [0.15, 0.2) is 0 Å². The number of rotatable bonds is 3. The molecule has 0 heterocycles. The van der Waals surface area contributed by atoms with Gasteiger partial charge in [0.15, 0.2) is 11.5 Å². The fourth-order valence-electron chi connectivity index (χ4n) is 2.22. The molecule has 1 aromatic carbocycles. The second kappa shape index (κ2) is 5.67. The zero-order valence-corrected chi connectivity index (χ0v) is 10.4. The molecule has 2 nitrogen and oxygen atoms in total. The predicted octanol–water partition coefficient (Wildman–Crippen LogP) is 3.96. The summed E-state index contributed by atoms with van der Waals surface area (Å²) in [4.78, 5) is 0. The Labute approximate surface area is 108 Å². The largest absolute Gasteiger partial charge is 0.491 e. The molecule has 0 spiro atoms. The van der Waals surface area contributed by atoms with E-state index in [4.69, 9.17) is 4.74 Å². The summed E-state index contributed by atoms with van der Waals surface area (Å²) in [6.45, 7) is 0. The Bertz CT molecular complexity index is 441. The first-order chi connectivity index (χ1) is 9.06. The van der Waals surface area contributed by atoms with Gasteiger partial charge in [0.25, 0.3) is 0 Å². The highest BCUT2D eigenvalue weighted by molar-refractivity contribution is 5.38. The van der Waals surface area contributed by atoms with Gasteiger partial charge in [0.1, 0.15) is 0 Å².